The van der Waals surface area contributed by atoms with Gasteiger partial charge in [0.1, 0.15) is 0 Å². The summed E-state index contributed by atoms with van der Waals surface area (Å²) >= 11 is 0. The summed E-state index contributed by atoms with van der Waals surface area (Å²) in [5.74, 6) is -0.785. The highest BCUT2D eigenvalue weighted by atomic mass is 32.2. The molecule has 0 aliphatic rings. The van der Waals surface area contributed by atoms with Crippen LogP contribution in [-0.4, -0.2) is 40.5 Å². The van der Waals surface area contributed by atoms with E-state index in [1.54, 1.807) is 43.3 Å². The van der Waals surface area contributed by atoms with Crippen molar-refractivity contribution in [1.82, 2.24) is 4.72 Å². The van der Waals surface area contributed by atoms with Gasteiger partial charge < -0.3 is 9.64 Å². The van der Waals surface area contributed by atoms with Crippen LogP contribution in [-0.2, 0) is 19.6 Å². The Morgan fingerprint density at radius 1 is 1.11 bits per heavy atom. The van der Waals surface area contributed by atoms with E-state index in [0.29, 0.717) is 16.8 Å². The lowest BCUT2D eigenvalue weighted by atomic mass is 10.2. The fourth-order valence-corrected chi connectivity index (χ4v) is 3.88. The molecule has 0 aliphatic heterocycles. The number of ether oxygens (including phenoxy) is 1. The van der Waals surface area contributed by atoms with E-state index in [1.807, 2.05) is 0 Å². The highest BCUT2D eigenvalue weighted by Crippen LogP contribution is 2.18. The van der Waals surface area contributed by atoms with E-state index in [4.69, 9.17) is 0 Å². The number of hydrogen-bond donors (Lipinski definition) is 1. The normalized spacial score (nSPS) is 11.1. The number of benzene rings is 2. The summed E-state index contributed by atoms with van der Waals surface area (Å²) in [6, 6.07) is 13.1. The molecule has 144 valence electrons. The van der Waals surface area contributed by atoms with Crippen molar-refractivity contribution in [3.05, 3.63) is 59.7 Å². The molecule has 0 fully saturated rings. The maximum absolute atomic E-state index is 12.4. The minimum atomic E-state index is -3.68. The molecule has 7 nitrogen and oxygen atoms in total. The molecule has 0 unspecified atom stereocenters. The molecule has 0 saturated carbocycles. The van der Waals surface area contributed by atoms with Gasteiger partial charge in [-0.2, -0.15) is 0 Å². The molecular formula is C19H22N2O5S. The smallest absolute Gasteiger partial charge is 0.337 e. The van der Waals surface area contributed by atoms with E-state index in [-0.39, 0.29) is 23.9 Å². The monoisotopic (exact) mass is 390 g/mol. The third kappa shape index (κ3) is 5.15. The standard InChI is InChI=1S/C19H22N2O5S/c1-14-7-4-5-10-18(14)27(24,25)20-11-12-21(15(2)22)17-9-6-8-16(13-17)19(23)26-3/h4-10,13,20H,11-12H2,1-3H3. The number of hydrogen-bond acceptors (Lipinski definition) is 5. The van der Waals surface area contributed by atoms with E-state index in [2.05, 4.69) is 9.46 Å². The van der Waals surface area contributed by atoms with Crippen LogP contribution in [0.2, 0.25) is 0 Å². The van der Waals surface area contributed by atoms with Crippen LogP contribution in [0.25, 0.3) is 0 Å². The van der Waals surface area contributed by atoms with Crippen molar-refractivity contribution in [2.24, 2.45) is 0 Å². The van der Waals surface area contributed by atoms with Gasteiger partial charge in [0.2, 0.25) is 15.9 Å². The number of aryl methyl sites for hydroxylation is 1. The molecule has 0 bridgehead atoms. The van der Waals surface area contributed by atoms with Gasteiger partial charge in [0.25, 0.3) is 0 Å². The number of sulfonamides is 1. The van der Waals surface area contributed by atoms with Gasteiger partial charge in [0.15, 0.2) is 0 Å². The first-order valence-electron chi connectivity index (χ1n) is 8.28. The van der Waals surface area contributed by atoms with Gasteiger partial charge in [0.05, 0.1) is 17.6 Å². The zero-order valence-electron chi connectivity index (χ0n) is 15.4. The van der Waals surface area contributed by atoms with Crippen LogP contribution in [0.4, 0.5) is 5.69 Å². The number of carbonyl (C=O) groups excluding carboxylic acids is 2. The van der Waals surface area contributed by atoms with Crippen LogP contribution in [0.3, 0.4) is 0 Å². The molecule has 0 spiro atoms. The lowest BCUT2D eigenvalue weighted by Crippen LogP contribution is -2.37. The Hall–Kier alpha value is -2.71. The van der Waals surface area contributed by atoms with Gasteiger partial charge >= 0.3 is 5.97 Å². The van der Waals surface area contributed by atoms with Gasteiger partial charge in [0, 0.05) is 25.7 Å². The fourth-order valence-electron chi connectivity index (χ4n) is 2.61. The highest BCUT2D eigenvalue weighted by molar-refractivity contribution is 7.89. The van der Waals surface area contributed by atoms with Gasteiger partial charge in [-0.1, -0.05) is 24.3 Å². The minimum Gasteiger partial charge on any atom is -0.465 e. The molecule has 0 heterocycles. The summed E-state index contributed by atoms with van der Waals surface area (Å²) in [4.78, 5) is 25.3. The molecular weight excluding hydrogens is 368 g/mol. The van der Waals surface area contributed by atoms with Crippen molar-refractivity contribution in [2.75, 3.05) is 25.1 Å². The molecule has 2 rings (SSSR count). The molecule has 0 aromatic heterocycles. The summed E-state index contributed by atoms with van der Waals surface area (Å²) in [7, 11) is -2.41. The Morgan fingerprint density at radius 2 is 1.81 bits per heavy atom. The first-order chi connectivity index (χ1) is 12.8. The van der Waals surface area contributed by atoms with E-state index in [0.717, 1.165) is 0 Å². The lowest BCUT2D eigenvalue weighted by Gasteiger charge is -2.22. The Kier molecular flexibility index (Phi) is 6.70. The van der Waals surface area contributed by atoms with Crippen LogP contribution in [0.5, 0.6) is 0 Å². The van der Waals surface area contributed by atoms with Crippen molar-refractivity contribution in [3.8, 4) is 0 Å². The molecule has 8 heteroatoms. The van der Waals surface area contributed by atoms with E-state index >= 15 is 0 Å². The molecule has 2 aromatic rings. The van der Waals surface area contributed by atoms with Crippen LogP contribution in [0, 0.1) is 6.92 Å². The van der Waals surface area contributed by atoms with Crippen molar-refractivity contribution < 1.29 is 22.7 Å². The van der Waals surface area contributed by atoms with Crippen molar-refractivity contribution >= 4 is 27.6 Å². The van der Waals surface area contributed by atoms with Gasteiger partial charge in [-0.15, -0.1) is 0 Å². The summed E-state index contributed by atoms with van der Waals surface area (Å²) < 4.78 is 32.1. The van der Waals surface area contributed by atoms with E-state index in [9.17, 15) is 18.0 Å². The Balaban J connectivity index is 2.13. The van der Waals surface area contributed by atoms with Gasteiger partial charge in [-0.25, -0.2) is 17.9 Å². The predicted molar refractivity (Wildman–Crippen MR) is 102 cm³/mol. The second-order valence-corrected chi connectivity index (χ2v) is 7.61. The SMILES string of the molecule is COC(=O)c1cccc(N(CCNS(=O)(=O)c2ccccc2C)C(C)=O)c1. The van der Waals surface area contributed by atoms with Crippen molar-refractivity contribution in [1.29, 1.82) is 0 Å². The summed E-state index contributed by atoms with van der Waals surface area (Å²) in [5, 5.41) is 0. The quantitative estimate of drug-likeness (QED) is 0.731. The topological polar surface area (TPSA) is 92.8 Å². The molecule has 0 radical (unpaired) electrons. The average Bonchev–Trinajstić information content (AvgIpc) is 2.64. The minimum absolute atomic E-state index is 0.0265. The lowest BCUT2D eigenvalue weighted by molar-refractivity contribution is -0.116. The fraction of sp³-hybridized carbons (Fsp3) is 0.263. The third-order valence-electron chi connectivity index (χ3n) is 3.97. The summed E-state index contributed by atoms with van der Waals surface area (Å²) in [6.07, 6.45) is 0. The molecule has 0 aliphatic carbocycles. The highest BCUT2D eigenvalue weighted by Gasteiger charge is 2.18. The number of amides is 1. The van der Waals surface area contributed by atoms with E-state index in [1.165, 1.54) is 31.1 Å². The maximum Gasteiger partial charge on any atom is 0.337 e. The van der Waals surface area contributed by atoms with Crippen LogP contribution >= 0.6 is 0 Å². The number of esters is 1. The molecule has 0 saturated heterocycles. The number of nitrogens with one attached hydrogen (secondary N) is 1. The molecule has 1 N–H and O–H groups in total. The zero-order chi connectivity index (χ0) is 20.0. The Labute approximate surface area is 159 Å². The number of nitrogens with zero attached hydrogens (tertiary/aromatic N) is 1. The first-order valence-corrected chi connectivity index (χ1v) is 9.76. The first kappa shape index (κ1) is 20.6. The predicted octanol–water partition coefficient (Wildman–Crippen LogP) is 2.11. The Morgan fingerprint density at radius 3 is 2.44 bits per heavy atom. The van der Waals surface area contributed by atoms with Gasteiger partial charge in [-0.05, 0) is 36.8 Å². The number of anilines is 1. The molecule has 27 heavy (non-hydrogen) atoms. The van der Waals surface area contributed by atoms with Crippen LogP contribution < -0.4 is 9.62 Å². The molecule has 0 atom stereocenters. The maximum atomic E-state index is 12.4. The Bertz CT molecular complexity index is 941. The van der Waals surface area contributed by atoms with Gasteiger partial charge in [-0.3, -0.25) is 4.79 Å². The largest absolute Gasteiger partial charge is 0.465 e. The average molecular weight is 390 g/mol. The zero-order valence-corrected chi connectivity index (χ0v) is 16.2. The number of rotatable bonds is 7. The second kappa shape index (κ2) is 8.79. The van der Waals surface area contributed by atoms with E-state index < -0.39 is 16.0 Å². The third-order valence-corrected chi connectivity index (χ3v) is 5.59. The van der Waals surface area contributed by atoms with Crippen LogP contribution in [0.15, 0.2) is 53.4 Å². The molecule has 2 aromatic carbocycles. The number of carbonyl (C=O) groups is 2. The van der Waals surface area contributed by atoms with Crippen molar-refractivity contribution in [3.63, 3.8) is 0 Å². The molecule has 1 amide bonds. The second-order valence-electron chi connectivity index (χ2n) is 5.88. The number of methoxy groups -OCH3 is 1. The summed E-state index contributed by atoms with van der Waals surface area (Å²) in [6.45, 7) is 3.24. The van der Waals surface area contributed by atoms with Crippen molar-refractivity contribution in [2.45, 2.75) is 18.7 Å². The summed E-state index contributed by atoms with van der Waals surface area (Å²) in [5.41, 5.74) is 1.43. The van der Waals surface area contributed by atoms with Crippen LogP contribution in [0.1, 0.15) is 22.8 Å².